The monoisotopic (exact) mass is 242 g/mol. The molecule has 0 aliphatic heterocycles. The molecule has 0 bridgehead atoms. The van der Waals surface area contributed by atoms with Gasteiger partial charge >= 0.3 is 0 Å². The van der Waals surface area contributed by atoms with Crippen LogP contribution in [0, 0.1) is 11.8 Å². The molecule has 0 saturated heterocycles. The summed E-state index contributed by atoms with van der Waals surface area (Å²) in [5, 5.41) is 4.59. The van der Waals surface area contributed by atoms with E-state index in [9.17, 15) is 4.79 Å². The van der Waals surface area contributed by atoms with Gasteiger partial charge in [-0.2, -0.15) is 5.10 Å². The number of hydrogen-bond acceptors (Lipinski definition) is 2. The third-order valence-electron chi connectivity index (χ3n) is 2.89. The third kappa shape index (κ3) is 2.46. The second-order valence-corrected chi connectivity index (χ2v) is 5.18. The van der Waals surface area contributed by atoms with Crippen LogP contribution in [0.25, 0.3) is 0 Å². The predicted octanol–water partition coefficient (Wildman–Crippen LogP) is 3.59. The largest absolute Gasteiger partial charge is 0.292 e. The first kappa shape index (κ1) is 13.2. The maximum Gasteiger partial charge on any atom is 0.185 e. The molecule has 4 heteroatoms. The van der Waals surface area contributed by atoms with Crippen LogP contribution in [-0.2, 0) is 0 Å². The fourth-order valence-corrected chi connectivity index (χ4v) is 1.71. The lowest BCUT2D eigenvalue weighted by Gasteiger charge is -2.17. The summed E-state index contributed by atoms with van der Waals surface area (Å²) < 4.78 is 1.70. The Morgan fingerprint density at radius 3 is 2.31 bits per heavy atom. The lowest BCUT2D eigenvalue weighted by Crippen LogP contribution is -2.22. The van der Waals surface area contributed by atoms with E-state index in [0.717, 1.165) is 0 Å². The fourth-order valence-electron chi connectivity index (χ4n) is 1.48. The van der Waals surface area contributed by atoms with Gasteiger partial charge in [0.15, 0.2) is 5.78 Å². The number of aromatic nitrogens is 2. The molecular weight excluding hydrogens is 224 g/mol. The Kier molecular flexibility index (Phi) is 4.14. The summed E-state index contributed by atoms with van der Waals surface area (Å²) in [5.74, 6) is 0.344. The average molecular weight is 243 g/mol. The van der Waals surface area contributed by atoms with E-state index in [-0.39, 0.29) is 17.7 Å². The van der Waals surface area contributed by atoms with Crippen molar-refractivity contribution < 1.29 is 4.79 Å². The van der Waals surface area contributed by atoms with Crippen molar-refractivity contribution in [2.24, 2.45) is 11.8 Å². The van der Waals surface area contributed by atoms with Gasteiger partial charge in [0.1, 0.15) is 5.69 Å². The second-order valence-electron chi connectivity index (χ2n) is 4.78. The number of carbonyl (C=O) groups is 1. The molecule has 1 atom stereocenters. The van der Waals surface area contributed by atoms with Crippen molar-refractivity contribution in [3.05, 3.63) is 16.9 Å². The van der Waals surface area contributed by atoms with Crippen LogP contribution in [0.15, 0.2) is 6.20 Å². The fraction of sp³-hybridized carbons (Fsp3) is 0.667. The standard InChI is InChI=1S/C12H19ClN2O/c1-7(2)9(5)12(16)11-10(13)6-14-15(11)8(3)4/h6-9H,1-5H3. The molecule has 0 aliphatic rings. The van der Waals surface area contributed by atoms with Crippen LogP contribution < -0.4 is 0 Å². The Hall–Kier alpha value is -0.830. The van der Waals surface area contributed by atoms with Crippen molar-refractivity contribution in [2.45, 2.75) is 40.7 Å². The van der Waals surface area contributed by atoms with Gasteiger partial charge in [0, 0.05) is 12.0 Å². The number of Topliss-reactive ketones (excluding diaryl/α,β-unsaturated/α-hetero) is 1. The molecule has 0 saturated carbocycles. The predicted molar refractivity (Wildman–Crippen MR) is 66.0 cm³/mol. The highest BCUT2D eigenvalue weighted by molar-refractivity contribution is 6.33. The summed E-state index contributed by atoms with van der Waals surface area (Å²) in [6.45, 7) is 9.97. The minimum atomic E-state index is -0.0355. The van der Waals surface area contributed by atoms with Crippen LogP contribution in [-0.4, -0.2) is 15.6 Å². The molecule has 90 valence electrons. The van der Waals surface area contributed by atoms with E-state index >= 15 is 0 Å². The SMILES string of the molecule is CC(C)C(C)C(=O)c1c(Cl)cnn1C(C)C. The molecule has 1 unspecified atom stereocenters. The molecule has 16 heavy (non-hydrogen) atoms. The molecule has 1 rings (SSSR count). The van der Waals surface area contributed by atoms with E-state index in [4.69, 9.17) is 11.6 Å². The first-order chi connectivity index (χ1) is 7.36. The third-order valence-corrected chi connectivity index (χ3v) is 3.16. The van der Waals surface area contributed by atoms with Crippen molar-refractivity contribution in [2.75, 3.05) is 0 Å². The highest BCUT2D eigenvalue weighted by Gasteiger charge is 2.25. The molecule has 0 N–H and O–H groups in total. The van der Waals surface area contributed by atoms with Gasteiger partial charge < -0.3 is 0 Å². The van der Waals surface area contributed by atoms with E-state index in [1.165, 1.54) is 0 Å². The zero-order valence-electron chi connectivity index (χ0n) is 10.5. The highest BCUT2D eigenvalue weighted by Crippen LogP contribution is 2.24. The van der Waals surface area contributed by atoms with Crippen LogP contribution in [0.5, 0.6) is 0 Å². The molecule has 3 nitrogen and oxygen atoms in total. The van der Waals surface area contributed by atoms with Gasteiger partial charge in [-0.3, -0.25) is 9.48 Å². The van der Waals surface area contributed by atoms with Crippen LogP contribution in [0.4, 0.5) is 0 Å². The van der Waals surface area contributed by atoms with Gasteiger partial charge in [0.25, 0.3) is 0 Å². The van der Waals surface area contributed by atoms with Gasteiger partial charge in [0.05, 0.1) is 11.2 Å². The number of halogens is 1. The lowest BCUT2D eigenvalue weighted by atomic mass is 9.92. The number of hydrogen-bond donors (Lipinski definition) is 0. The van der Waals surface area contributed by atoms with E-state index < -0.39 is 0 Å². The van der Waals surface area contributed by atoms with Crippen molar-refractivity contribution >= 4 is 17.4 Å². The Labute approximate surface area is 102 Å². The zero-order chi connectivity index (χ0) is 12.5. The Morgan fingerprint density at radius 2 is 1.88 bits per heavy atom. The molecule has 1 aromatic heterocycles. The summed E-state index contributed by atoms with van der Waals surface area (Å²) in [6.07, 6.45) is 1.54. The molecule has 1 heterocycles. The lowest BCUT2D eigenvalue weighted by molar-refractivity contribution is 0.0886. The summed E-state index contributed by atoms with van der Waals surface area (Å²) in [7, 11) is 0. The van der Waals surface area contributed by atoms with E-state index in [2.05, 4.69) is 5.10 Å². The normalized spacial score (nSPS) is 13.5. The van der Waals surface area contributed by atoms with Crippen molar-refractivity contribution in [1.29, 1.82) is 0 Å². The molecule has 0 spiro atoms. The van der Waals surface area contributed by atoms with Crippen LogP contribution >= 0.6 is 11.6 Å². The van der Waals surface area contributed by atoms with Crippen molar-refractivity contribution in [1.82, 2.24) is 9.78 Å². The summed E-state index contributed by atoms with van der Waals surface area (Å²) >= 11 is 6.03. The zero-order valence-corrected chi connectivity index (χ0v) is 11.2. The minimum Gasteiger partial charge on any atom is -0.292 e. The van der Waals surface area contributed by atoms with Gasteiger partial charge in [-0.1, -0.05) is 32.4 Å². The first-order valence-electron chi connectivity index (χ1n) is 5.63. The number of nitrogens with zero attached hydrogens (tertiary/aromatic N) is 2. The first-order valence-corrected chi connectivity index (χ1v) is 6.01. The molecule has 0 fully saturated rings. The van der Waals surface area contributed by atoms with Crippen LogP contribution in [0.3, 0.4) is 0 Å². The molecule has 0 aromatic carbocycles. The van der Waals surface area contributed by atoms with Crippen LogP contribution in [0.1, 0.15) is 51.1 Å². The average Bonchev–Trinajstić information content (AvgIpc) is 2.57. The maximum atomic E-state index is 12.2. The molecule has 1 aromatic rings. The van der Waals surface area contributed by atoms with Crippen molar-refractivity contribution in [3.8, 4) is 0 Å². The summed E-state index contributed by atoms with van der Waals surface area (Å²) in [5.41, 5.74) is 0.540. The second kappa shape index (κ2) is 5.00. The van der Waals surface area contributed by atoms with Crippen molar-refractivity contribution in [3.63, 3.8) is 0 Å². The molecular formula is C12H19ClN2O. The topological polar surface area (TPSA) is 34.9 Å². The quantitative estimate of drug-likeness (QED) is 0.757. The van der Waals surface area contributed by atoms with Gasteiger partial charge in [-0.25, -0.2) is 0 Å². The van der Waals surface area contributed by atoms with Gasteiger partial charge in [-0.15, -0.1) is 0 Å². The Morgan fingerprint density at radius 1 is 1.31 bits per heavy atom. The molecule has 0 aliphatic carbocycles. The van der Waals surface area contributed by atoms with Gasteiger partial charge in [0.2, 0.25) is 0 Å². The van der Waals surface area contributed by atoms with E-state index in [1.807, 2.05) is 34.6 Å². The number of ketones is 1. The summed E-state index contributed by atoms with van der Waals surface area (Å²) in [6, 6.07) is 0.144. The van der Waals surface area contributed by atoms with E-state index in [1.54, 1.807) is 10.9 Å². The van der Waals surface area contributed by atoms with Gasteiger partial charge in [-0.05, 0) is 19.8 Å². The minimum absolute atomic E-state index is 0.0355. The maximum absolute atomic E-state index is 12.2. The Balaban J connectivity index is 3.12. The van der Waals surface area contributed by atoms with Crippen LogP contribution in [0.2, 0.25) is 5.02 Å². The molecule has 0 radical (unpaired) electrons. The van der Waals surface area contributed by atoms with E-state index in [0.29, 0.717) is 16.6 Å². The highest BCUT2D eigenvalue weighted by atomic mass is 35.5. The number of carbonyl (C=O) groups excluding carboxylic acids is 1. The smallest absolute Gasteiger partial charge is 0.185 e. The molecule has 0 amide bonds. The Bertz CT molecular complexity index is 382. The number of rotatable bonds is 4. The summed E-state index contributed by atoms with van der Waals surface area (Å²) in [4.78, 5) is 12.2.